The van der Waals surface area contributed by atoms with E-state index < -0.39 is 5.97 Å². The van der Waals surface area contributed by atoms with E-state index in [4.69, 9.17) is 0 Å². The standard InChI is InChI=1S/C19H22N4O3/c1-26-19(25)14-6-8-15(9-7-14)20-18(24)16-10-11-17(22-21-16)23-12-4-2-3-5-13-23/h6-11H,2-5,12-13H2,1H3,(H,20,24). The summed E-state index contributed by atoms with van der Waals surface area (Å²) in [6.07, 6.45) is 4.81. The molecule has 0 aliphatic carbocycles. The van der Waals surface area contributed by atoms with Gasteiger partial charge in [-0.1, -0.05) is 12.8 Å². The zero-order valence-corrected chi connectivity index (χ0v) is 14.8. The number of nitrogens with one attached hydrogen (secondary N) is 1. The van der Waals surface area contributed by atoms with Crippen LogP contribution < -0.4 is 10.2 Å². The lowest BCUT2D eigenvalue weighted by atomic mass is 10.2. The molecule has 1 fully saturated rings. The highest BCUT2D eigenvalue weighted by atomic mass is 16.5. The van der Waals surface area contributed by atoms with Gasteiger partial charge < -0.3 is 15.0 Å². The third kappa shape index (κ3) is 4.36. The number of anilines is 2. The minimum atomic E-state index is -0.419. The molecule has 1 aromatic carbocycles. The lowest BCUT2D eigenvalue weighted by Crippen LogP contribution is -2.25. The third-order valence-corrected chi connectivity index (χ3v) is 4.38. The molecule has 1 aromatic heterocycles. The molecule has 2 heterocycles. The van der Waals surface area contributed by atoms with Gasteiger partial charge in [0, 0.05) is 18.8 Å². The van der Waals surface area contributed by atoms with Gasteiger partial charge in [0.05, 0.1) is 12.7 Å². The molecule has 7 heteroatoms. The lowest BCUT2D eigenvalue weighted by Gasteiger charge is -2.20. The van der Waals surface area contributed by atoms with Crippen molar-refractivity contribution in [2.24, 2.45) is 0 Å². The zero-order chi connectivity index (χ0) is 18.4. The summed E-state index contributed by atoms with van der Waals surface area (Å²) in [4.78, 5) is 25.9. The highest BCUT2D eigenvalue weighted by Crippen LogP contribution is 2.17. The van der Waals surface area contributed by atoms with E-state index in [9.17, 15) is 9.59 Å². The molecule has 136 valence electrons. The van der Waals surface area contributed by atoms with Crippen LogP contribution in [-0.2, 0) is 4.74 Å². The van der Waals surface area contributed by atoms with Crippen LogP contribution in [-0.4, -0.2) is 42.3 Å². The lowest BCUT2D eigenvalue weighted by molar-refractivity contribution is 0.0600. The largest absolute Gasteiger partial charge is 0.465 e. The minimum absolute atomic E-state index is 0.251. The topological polar surface area (TPSA) is 84.4 Å². The van der Waals surface area contributed by atoms with Crippen molar-refractivity contribution < 1.29 is 14.3 Å². The van der Waals surface area contributed by atoms with Crippen molar-refractivity contribution in [2.45, 2.75) is 25.7 Å². The summed E-state index contributed by atoms with van der Waals surface area (Å²) in [5, 5.41) is 11.0. The Kier molecular flexibility index (Phi) is 5.78. The van der Waals surface area contributed by atoms with Crippen molar-refractivity contribution in [3.63, 3.8) is 0 Å². The molecular weight excluding hydrogens is 332 g/mol. The summed E-state index contributed by atoms with van der Waals surface area (Å²) in [5.74, 6) is 0.0504. The Hall–Kier alpha value is -2.96. The number of hydrogen-bond acceptors (Lipinski definition) is 6. The predicted octanol–water partition coefficient (Wildman–Crippen LogP) is 2.90. The summed E-state index contributed by atoms with van der Waals surface area (Å²) in [6, 6.07) is 10.00. The quantitative estimate of drug-likeness (QED) is 0.850. The van der Waals surface area contributed by atoms with Gasteiger partial charge >= 0.3 is 5.97 Å². The summed E-state index contributed by atoms with van der Waals surface area (Å²) in [7, 11) is 1.33. The number of rotatable bonds is 4. The van der Waals surface area contributed by atoms with Crippen molar-refractivity contribution >= 4 is 23.4 Å². The normalized spacial score (nSPS) is 14.4. The van der Waals surface area contributed by atoms with E-state index >= 15 is 0 Å². The van der Waals surface area contributed by atoms with E-state index in [0.717, 1.165) is 31.7 Å². The highest BCUT2D eigenvalue weighted by Gasteiger charge is 2.14. The van der Waals surface area contributed by atoms with Crippen molar-refractivity contribution in [2.75, 3.05) is 30.4 Å². The summed E-state index contributed by atoms with van der Waals surface area (Å²) >= 11 is 0. The molecule has 3 rings (SSSR count). The van der Waals surface area contributed by atoms with Crippen molar-refractivity contribution in [1.29, 1.82) is 0 Å². The van der Waals surface area contributed by atoms with Gasteiger partial charge in [-0.05, 0) is 49.2 Å². The fourth-order valence-electron chi connectivity index (χ4n) is 2.92. The van der Waals surface area contributed by atoms with Gasteiger partial charge in [0.2, 0.25) is 0 Å². The van der Waals surface area contributed by atoms with Gasteiger partial charge in [-0.15, -0.1) is 10.2 Å². The molecule has 2 aromatic rings. The number of ether oxygens (including phenoxy) is 1. The molecule has 1 aliphatic heterocycles. The maximum atomic E-state index is 12.3. The first kappa shape index (κ1) is 17.8. The van der Waals surface area contributed by atoms with E-state index in [2.05, 4.69) is 25.2 Å². The maximum absolute atomic E-state index is 12.3. The Labute approximate surface area is 152 Å². The number of esters is 1. The van der Waals surface area contributed by atoms with Crippen LogP contribution in [0.15, 0.2) is 36.4 Å². The maximum Gasteiger partial charge on any atom is 0.337 e. The van der Waals surface area contributed by atoms with Crippen LogP contribution in [0.4, 0.5) is 11.5 Å². The van der Waals surface area contributed by atoms with Crippen LogP contribution in [0.1, 0.15) is 46.5 Å². The summed E-state index contributed by atoms with van der Waals surface area (Å²) < 4.78 is 4.65. The smallest absolute Gasteiger partial charge is 0.337 e. The van der Waals surface area contributed by atoms with Gasteiger partial charge in [0.15, 0.2) is 11.5 Å². The molecule has 1 aliphatic rings. The highest BCUT2D eigenvalue weighted by molar-refractivity contribution is 6.03. The second-order valence-electron chi connectivity index (χ2n) is 6.20. The molecule has 0 unspecified atom stereocenters. The second-order valence-corrected chi connectivity index (χ2v) is 6.20. The first-order valence-electron chi connectivity index (χ1n) is 8.76. The van der Waals surface area contributed by atoms with Gasteiger partial charge in [-0.3, -0.25) is 4.79 Å². The zero-order valence-electron chi connectivity index (χ0n) is 14.8. The number of carbonyl (C=O) groups excluding carboxylic acids is 2. The number of hydrogen-bond donors (Lipinski definition) is 1. The number of methoxy groups -OCH3 is 1. The van der Waals surface area contributed by atoms with Crippen molar-refractivity contribution in [1.82, 2.24) is 10.2 Å². The number of carbonyl (C=O) groups is 2. The number of aromatic nitrogens is 2. The molecule has 0 saturated carbocycles. The van der Waals surface area contributed by atoms with E-state index in [1.165, 1.54) is 20.0 Å². The SMILES string of the molecule is COC(=O)c1ccc(NC(=O)c2ccc(N3CCCCCC3)nn2)cc1. The minimum Gasteiger partial charge on any atom is -0.465 e. The van der Waals surface area contributed by atoms with Crippen LogP contribution in [0.2, 0.25) is 0 Å². The molecule has 0 atom stereocenters. The Morgan fingerprint density at radius 3 is 2.23 bits per heavy atom. The average Bonchev–Trinajstić information content (AvgIpc) is 2.97. The number of amides is 1. The monoisotopic (exact) mass is 354 g/mol. The fraction of sp³-hybridized carbons (Fsp3) is 0.368. The molecule has 1 amide bonds. The second kappa shape index (κ2) is 8.42. The Morgan fingerprint density at radius 1 is 0.962 bits per heavy atom. The molecule has 7 nitrogen and oxygen atoms in total. The van der Waals surface area contributed by atoms with E-state index in [1.54, 1.807) is 30.3 Å². The molecule has 0 bridgehead atoms. The fourth-order valence-corrected chi connectivity index (χ4v) is 2.92. The van der Waals surface area contributed by atoms with Crippen molar-refractivity contribution in [3.05, 3.63) is 47.7 Å². The average molecular weight is 354 g/mol. The van der Waals surface area contributed by atoms with Gasteiger partial charge in [0.25, 0.3) is 5.91 Å². The van der Waals surface area contributed by atoms with Crippen LogP contribution >= 0.6 is 0 Å². The first-order chi connectivity index (χ1) is 12.7. The molecule has 0 radical (unpaired) electrons. The van der Waals surface area contributed by atoms with Crippen LogP contribution in [0, 0.1) is 0 Å². The molecule has 26 heavy (non-hydrogen) atoms. The Morgan fingerprint density at radius 2 is 1.65 bits per heavy atom. The number of nitrogens with zero attached hydrogens (tertiary/aromatic N) is 3. The third-order valence-electron chi connectivity index (χ3n) is 4.38. The van der Waals surface area contributed by atoms with Gasteiger partial charge in [0.1, 0.15) is 0 Å². The van der Waals surface area contributed by atoms with Crippen LogP contribution in [0.3, 0.4) is 0 Å². The molecule has 1 N–H and O–H groups in total. The Balaban J connectivity index is 1.63. The first-order valence-corrected chi connectivity index (χ1v) is 8.76. The predicted molar refractivity (Wildman–Crippen MR) is 98.4 cm³/mol. The van der Waals surface area contributed by atoms with Gasteiger partial charge in [-0.25, -0.2) is 4.79 Å². The van der Waals surface area contributed by atoms with E-state index in [-0.39, 0.29) is 11.6 Å². The summed E-state index contributed by atoms with van der Waals surface area (Å²) in [6.45, 7) is 1.96. The van der Waals surface area contributed by atoms with Gasteiger partial charge in [-0.2, -0.15) is 0 Å². The van der Waals surface area contributed by atoms with Crippen molar-refractivity contribution in [3.8, 4) is 0 Å². The molecule has 1 saturated heterocycles. The van der Waals surface area contributed by atoms with E-state index in [1.807, 2.05) is 6.07 Å². The number of benzene rings is 1. The van der Waals surface area contributed by atoms with E-state index in [0.29, 0.717) is 11.3 Å². The Bertz CT molecular complexity index is 751. The van der Waals surface area contributed by atoms with Crippen LogP contribution in [0.5, 0.6) is 0 Å². The molecular formula is C19H22N4O3. The van der Waals surface area contributed by atoms with Crippen LogP contribution in [0.25, 0.3) is 0 Å². The summed E-state index contributed by atoms with van der Waals surface area (Å²) in [5.41, 5.74) is 1.24. The molecule has 0 spiro atoms.